The molecule has 0 aromatic heterocycles. The van der Waals surface area contributed by atoms with Crippen molar-refractivity contribution in [1.29, 1.82) is 0 Å². The second kappa shape index (κ2) is 25.4. The van der Waals surface area contributed by atoms with Crippen LogP contribution in [0.5, 0.6) is 0 Å². The van der Waals surface area contributed by atoms with Crippen molar-refractivity contribution in [2.75, 3.05) is 13.2 Å². The fraction of sp³-hybridized carbons (Fsp3) is 0.667. The van der Waals surface area contributed by atoms with Gasteiger partial charge in [-0.05, 0) is 89.5 Å². The minimum absolute atomic E-state index is 0.105. The maximum Gasteiger partial charge on any atom is 0.407 e. The molecule has 10 nitrogen and oxygen atoms in total. The average Bonchev–Trinajstić information content (AvgIpc) is 3.48. The van der Waals surface area contributed by atoms with Crippen molar-refractivity contribution < 1.29 is 33.4 Å². The van der Waals surface area contributed by atoms with E-state index in [1.54, 1.807) is 20.8 Å². The number of alkyl carbamates (subject to hydrolysis) is 2. The molecule has 1 aliphatic rings. The standard InChI is InChI=1S/C48H75N3O7/c1-8-9-10-11-12-13-14-15-16-17-18-19-20-21-33-42(44(53)57-47(2,3)4)50-43(52)41(32-26-27-34-49-45(54)58-48(5,6)7)51-46(55)56-35-40-38-30-24-22-28-36(38)37-29-23-25-31-39(37)40/h22-25,28-31,40-42H,8-21,26-27,32-35H2,1-7H3,(H,49,54)(H,50,52)(H,51,55)/t41-,42?/m0/s1. The molecule has 0 aliphatic heterocycles. The van der Waals surface area contributed by atoms with Crippen LogP contribution in [-0.2, 0) is 23.8 Å². The molecular formula is C48H75N3O7. The monoisotopic (exact) mass is 806 g/mol. The number of rotatable bonds is 26. The average molecular weight is 806 g/mol. The van der Waals surface area contributed by atoms with Crippen LogP contribution in [0.2, 0.25) is 0 Å². The summed E-state index contributed by atoms with van der Waals surface area (Å²) in [6, 6.07) is 14.4. The lowest BCUT2D eigenvalue weighted by atomic mass is 9.98. The molecule has 3 amide bonds. The van der Waals surface area contributed by atoms with Crippen LogP contribution >= 0.6 is 0 Å². The second-order valence-corrected chi connectivity index (χ2v) is 17.9. The van der Waals surface area contributed by atoms with Gasteiger partial charge in [-0.1, -0.05) is 145 Å². The Labute approximate surface area is 349 Å². The minimum Gasteiger partial charge on any atom is -0.458 e. The molecule has 0 spiro atoms. The number of esters is 1. The lowest BCUT2D eigenvalue weighted by Crippen LogP contribution is -2.52. The van der Waals surface area contributed by atoms with Crippen molar-refractivity contribution in [2.24, 2.45) is 0 Å². The molecule has 0 saturated heterocycles. The SMILES string of the molecule is CCCCCCCCCCCCCCCCC(NC(=O)[C@H](CCCCNC(=O)OC(C)(C)C)NC(=O)OCC1c2ccccc2-c2ccccc21)C(=O)OC(C)(C)C. The zero-order valence-corrected chi connectivity index (χ0v) is 36.9. The molecule has 3 rings (SSSR count). The molecule has 0 heterocycles. The van der Waals surface area contributed by atoms with E-state index in [1.807, 2.05) is 45.0 Å². The Morgan fingerprint density at radius 2 is 1.03 bits per heavy atom. The third-order valence-electron chi connectivity index (χ3n) is 10.4. The Hall–Kier alpha value is -4.08. The molecule has 58 heavy (non-hydrogen) atoms. The van der Waals surface area contributed by atoms with Crippen molar-refractivity contribution >= 4 is 24.1 Å². The quantitative estimate of drug-likeness (QED) is 0.0490. The smallest absolute Gasteiger partial charge is 0.407 e. The lowest BCUT2D eigenvalue weighted by Gasteiger charge is -2.26. The van der Waals surface area contributed by atoms with Gasteiger partial charge in [0.25, 0.3) is 0 Å². The van der Waals surface area contributed by atoms with E-state index in [0.29, 0.717) is 25.8 Å². The van der Waals surface area contributed by atoms with E-state index in [2.05, 4.69) is 47.1 Å². The maximum absolute atomic E-state index is 13.9. The largest absolute Gasteiger partial charge is 0.458 e. The zero-order chi connectivity index (χ0) is 42.4. The normalized spacial score (nSPS) is 13.5. The summed E-state index contributed by atoms with van der Waals surface area (Å²) in [5.74, 6) is -1.10. The van der Waals surface area contributed by atoms with Gasteiger partial charge in [-0.25, -0.2) is 14.4 Å². The fourth-order valence-electron chi connectivity index (χ4n) is 7.47. The van der Waals surface area contributed by atoms with E-state index in [0.717, 1.165) is 47.9 Å². The first-order valence-electron chi connectivity index (χ1n) is 22.3. The minimum atomic E-state index is -0.974. The number of benzene rings is 2. The first-order chi connectivity index (χ1) is 27.7. The van der Waals surface area contributed by atoms with Gasteiger partial charge >= 0.3 is 18.2 Å². The molecule has 3 N–H and O–H groups in total. The summed E-state index contributed by atoms with van der Waals surface area (Å²) in [6.07, 6.45) is 17.7. The highest BCUT2D eigenvalue weighted by Gasteiger charge is 2.32. The van der Waals surface area contributed by atoms with Crippen molar-refractivity contribution in [3.8, 4) is 11.1 Å². The van der Waals surface area contributed by atoms with Gasteiger partial charge < -0.3 is 30.2 Å². The van der Waals surface area contributed by atoms with Gasteiger partial charge in [-0.3, -0.25) is 4.79 Å². The number of ether oxygens (including phenoxy) is 3. The summed E-state index contributed by atoms with van der Waals surface area (Å²) in [5.41, 5.74) is 3.08. The molecule has 0 saturated carbocycles. The molecule has 2 atom stereocenters. The van der Waals surface area contributed by atoms with Gasteiger partial charge in [0.15, 0.2) is 0 Å². The Morgan fingerprint density at radius 1 is 0.569 bits per heavy atom. The molecule has 0 radical (unpaired) electrons. The van der Waals surface area contributed by atoms with E-state index in [-0.39, 0.29) is 18.9 Å². The molecule has 0 bridgehead atoms. The molecule has 10 heteroatoms. The van der Waals surface area contributed by atoms with Gasteiger partial charge in [0.2, 0.25) is 5.91 Å². The van der Waals surface area contributed by atoms with E-state index in [9.17, 15) is 19.2 Å². The summed E-state index contributed by atoms with van der Waals surface area (Å²) >= 11 is 0. The molecule has 2 aromatic rings. The third kappa shape index (κ3) is 18.7. The van der Waals surface area contributed by atoms with Crippen molar-refractivity contribution in [1.82, 2.24) is 16.0 Å². The Morgan fingerprint density at radius 3 is 1.55 bits per heavy atom. The van der Waals surface area contributed by atoms with Crippen LogP contribution in [0.25, 0.3) is 11.1 Å². The highest BCUT2D eigenvalue weighted by atomic mass is 16.6. The molecule has 2 aromatic carbocycles. The van der Waals surface area contributed by atoms with Crippen LogP contribution in [-0.4, -0.2) is 60.5 Å². The van der Waals surface area contributed by atoms with Crippen LogP contribution < -0.4 is 16.0 Å². The van der Waals surface area contributed by atoms with Gasteiger partial charge in [0, 0.05) is 12.5 Å². The maximum atomic E-state index is 13.9. The topological polar surface area (TPSA) is 132 Å². The van der Waals surface area contributed by atoms with Crippen LogP contribution in [0.15, 0.2) is 48.5 Å². The van der Waals surface area contributed by atoms with E-state index >= 15 is 0 Å². The number of hydrogen-bond acceptors (Lipinski definition) is 7. The number of nitrogens with one attached hydrogen (secondary N) is 3. The third-order valence-corrected chi connectivity index (χ3v) is 10.4. The first kappa shape index (κ1) is 48.3. The summed E-state index contributed by atoms with van der Waals surface area (Å²) < 4.78 is 16.9. The molecule has 324 valence electrons. The summed E-state index contributed by atoms with van der Waals surface area (Å²) in [5, 5.41) is 8.47. The number of unbranched alkanes of at least 4 members (excludes halogenated alkanes) is 14. The van der Waals surface area contributed by atoms with Gasteiger partial charge in [-0.15, -0.1) is 0 Å². The van der Waals surface area contributed by atoms with Crippen molar-refractivity contribution in [2.45, 2.75) is 193 Å². The van der Waals surface area contributed by atoms with Gasteiger partial charge in [-0.2, -0.15) is 0 Å². The Bertz CT molecular complexity index is 1500. The van der Waals surface area contributed by atoms with Crippen molar-refractivity contribution in [3.05, 3.63) is 59.7 Å². The number of carbonyl (C=O) groups excluding carboxylic acids is 4. The number of carbonyl (C=O) groups is 4. The van der Waals surface area contributed by atoms with E-state index < -0.39 is 47.3 Å². The molecule has 1 aliphatic carbocycles. The highest BCUT2D eigenvalue weighted by Crippen LogP contribution is 2.44. The number of fused-ring (bicyclic) bond motifs is 3. The van der Waals surface area contributed by atoms with Gasteiger partial charge in [0.1, 0.15) is 29.9 Å². The van der Waals surface area contributed by atoms with Crippen LogP contribution in [0.1, 0.15) is 181 Å². The number of amides is 3. The summed E-state index contributed by atoms with van der Waals surface area (Å²) in [6.45, 7) is 13.5. The predicted octanol–water partition coefficient (Wildman–Crippen LogP) is 11.3. The highest BCUT2D eigenvalue weighted by molar-refractivity contribution is 5.89. The second-order valence-electron chi connectivity index (χ2n) is 17.9. The molecular weight excluding hydrogens is 731 g/mol. The fourth-order valence-corrected chi connectivity index (χ4v) is 7.47. The van der Waals surface area contributed by atoms with Gasteiger partial charge in [0.05, 0.1) is 0 Å². The predicted molar refractivity (Wildman–Crippen MR) is 233 cm³/mol. The van der Waals surface area contributed by atoms with E-state index in [1.165, 1.54) is 64.2 Å². The Kier molecular flexibility index (Phi) is 21.2. The molecule has 0 fully saturated rings. The van der Waals surface area contributed by atoms with Crippen molar-refractivity contribution in [3.63, 3.8) is 0 Å². The first-order valence-corrected chi connectivity index (χ1v) is 22.3. The lowest BCUT2D eigenvalue weighted by molar-refractivity contribution is -0.159. The molecule has 1 unspecified atom stereocenters. The summed E-state index contributed by atoms with van der Waals surface area (Å²) in [4.78, 5) is 52.9. The Balaban J connectivity index is 1.57. The van der Waals surface area contributed by atoms with Crippen LogP contribution in [0.3, 0.4) is 0 Å². The number of hydrogen-bond donors (Lipinski definition) is 3. The van der Waals surface area contributed by atoms with Crippen LogP contribution in [0.4, 0.5) is 9.59 Å². The van der Waals surface area contributed by atoms with E-state index in [4.69, 9.17) is 14.2 Å². The zero-order valence-electron chi connectivity index (χ0n) is 36.9. The summed E-state index contributed by atoms with van der Waals surface area (Å²) in [7, 11) is 0. The van der Waals surface area contributed by atoms with Crippen LogP contribution in [0, 0.1) is 0 Å².